The molecule has 0 aliphatic rings. The van der Waals surface area contributed by atoms with Crippen LogP contribution in [0, 0.1) is 0 Å². The first kappa shape index (κ1) is 17.8. The van der Waals surface area contributed by atoms with Crippen molar-refractivity contribution in [3.63, 3.8) is 0 Å². The van der Waals surface area contributed by atoms with Crippen molar-refractivity contribution >= 4 is 18.0 Å². The molecule has 0 spiro atoms. The van der Waals surface area contributed by atoms with E-state index in [1.54, 1.807) is 0 Å². The van der Waals surface area contributed by atoms with Crippen molar-refractivity contribution in [2.75, 3.05) is 0 Å². The topological polar surface area (TPSA) is 121 Å². The number of carboxylic acid groups (broad SMARTS) is 2. The van der Waals surface area contributed by atoms with Crippen molar-refractivity contribution in [3.8, 4) is 0 Å². The largest absolute Gasteiger partial charge is 0.481 e. The summed E-state index contributed by atoms with van der Waals surface area (Å²) in [7, 11) is 0. The van der Waals surface area contributed by atoms with Gasteiger partial charge in [0.2, 0.25) is 0 Å². The highest BCUT2D eigenvalue weighted by molar-refractivity contribution is 5.79. The van der Waals surface area contributed by atoms with Gasteiger partial charge in [0.15, 0.2) is 6.10 Å². The minimum Gasteiger partial charge on any atom is -0.481 e. The summed E-state index contributed by atoms with van der Waals surface area (Å²) >= 11 is 0. The third-order valence-electron chi connectivity index (χ3n) is 2.35. The third-order valence-corrected chi connectivity index (χ3v) is 2.35. The lowest BCUT2D eigenvalue weighted by Gasteiger charge is -2.04. The van der Waals surface area contributed by atoms with Crippen LogP contribution in [0.5, 0.6) is 0 Å². The smallest absolute Gasteiger partial charge is 0.333 e. The fraction of sp³-hybridized carbons (Fsp3) is 0.286. The van der Waals surface area contributed by atoms with E-state index in [0.717, 1.165) is 11.1 Å². The van der Waals surface area contributed by atoms with Crippen molar-refractivity contribution in [1.82, 2.24) is 0 Å². The lowest BCUT2D eigenvalue weighted by molar-refractivity contribution is -0.152. The maximum absolute atomic E-state index is 9.72. The van der Waals surface area contributed by atoms with Crippen molar-refractivity contribution in [2.45, 2.75) is 25.5 Å². The molecule has 20 heavy (non-hydrogen) atoms. The highest BCUT2D eigenvalue weighted by atomic mass is 16.4. The summed E-state index contributed by atoms with van der Waals surface area (Å²) in [5.74, 6) is -2.85. The monoisotopic (exact) mass is 281 g/mol. The second-order valence-corrected chi connectivity index (χ2v) is 4.11. The number of aliphatic hydroxyl groups is 1. The molecule has 0 saturated carbocycles. The fourth-order valence-corrected chi connectivity index (χ4v) is 1.19. The number of rotatable bonds is 5. The van der Waals surface area contributed by atoms with Gasteiger partial charge in [-0.25, -0.2) is 4.79 Å². The van der Waals surface area contributed by atoms with Gasteiger partial charge in [-0.3, -0.25) is 4.79 Å². The number of benzene rings is 1. The Kier molecular flexibility index (Phi) is 7.88. The van der Waals surface area contributed by atoms with Gasteiger partial charge >= 0.3 is 11.9 Å². The molecule has 1 rings (SSSR count). The molecule has 0 amide bonds. The molecule has 0 unspecified atom stereocenters. The van der Waals surface area contributed by atoms with Crippen LogP contribution in [-0.2, 0) is 9.59 Å². The van der Waals surface area contributed by atoms with Gasteiger partial charge in [0.25, 0.3) is 0 Å². The molecule has 0 bridgehead atoms. The molecule has 0 aliphatic carbocycles. The summed E-state index contributed by atoms with van der Waals surface area (Å²) in [6.45, 7) is 5.65. The number of nitrogens with two attached hydrogens (primary N) is 1. The highest BCUT2D eigenvalue weighted by Crippen LogP contribution is 2.10. The Hall–Kier alpha value is -2.18. The molecule has 0 radical (unpaired) electrons. The van der Waals surface area contributed by atoms with Gasteiger partial charge in [0.1, 0.15) is 0 Å². The van der Waals surface area contributed by atoms with Gasteiger partial charge in [0, 0.05) is 6.04 Å². The van der Waals surface area contributed by atoms with Crippen LogP contribution >= 0.6 is 0 Å². The Morgan fingerprint density at radius 1 is 1.30 bits per heavy atom. The number of carboxylic acids is 2. The minimum atomic E-state index is -1.79. The SMILES string of the molecule is C=Cc1ccc([C@H](C)N)cc1.O=C(O)C[C@H](O)C(=O)O. The van der Waals surface area contributed by atoms with Crippen molar-refractivity contribution in [1.29, 1.82) is 0 Å². The van der Waals surface area contributed by atoms with E-state index < -0.39 is 24.5 Å². The maximum Gasteiger partial charge on any atom is 0.333 e. The maximum atomic E-state index is 9.72. The normalized spacial score (nSPS) is 12.6. The zero-order chi connectivity index (χ0) is 15.7. The number of aliphatic hydroxyl groups excluding tert-OH is 1. The van der Waals surface area contributed by atoms with Gasteiger partial charge in [-0.1, -0.05) is 36.9 Å². The van der Waals surface area contributed by atoms with Crippen LogP contribution in [0.25, 0.3) is 6.08 Å². The second-order valence-electron chi connectivity index (χ2n) is 4.11. The Bertz CT molecular complexity index is 453. The second kappa shape index (κ2) is 8.84. The van der Waals surface area contributed by atoms with Crippen molar-refractivity contribution < 1.29 is 24.9 Å². The summed E-state index contributed by atoms with van der Waals surface area (Å²) in [6, 6.07) is 8.22. The molecule has 110 valence electrons. The molecule has 0 saturated heterocycles. The van der Waals surface area contributed by atoms with Crippen LogP contribution in [0.15, 0.2) is 30.8 Å². The third kappa shape index (κ3) is 7.30. The van der Waals surface area contributed by atoms with E-state index in [-0.39, 0.29) is 6.04 Å². The quantitative estimate of drug-likeness (QED) is 0.644. The number of carbonyl (C=O) groups is 2. The molecule has 5 N–H and O–H groups in total. The van der Waals surface area contributed by atoms with Crippen LogP contribution < -0.4 is 5.73 Å². The average molecular weight is 281 g/mol. The first-order valence-electron chi connectivity index (χ1n) is 5.88. The molecular formula is C14H19NO5. The molecular weight excluding hydrogens is 262 g/mol. The van der Waals surface area contributed by atoms with Crippen molar-refractivity contribution in [2.24, 2.45) is 5.73 Å². The van der Waals surface area contributed by atoms with Crippen LogP contribution in [0.3, 0.4) is 0 Å². The van der Waals surface area contributed by atoms with E-state index in [4.69, 9.17) is 21.1 Å². The van der Waals surface area contributed by atoms with E-state index >= 15 is 0 Å². The zero-order valence-electron chi connectivity index (χ0n) is 11.2. The van der Waals surface area contributed by atoms with Crippen LogP contribution in [0.4, 0.5) is 0 Å². The summed E-state index contributed by atoms with van der Waals surface area (Å²) in [5, 5.41) is 24.1. The molecule has 0 aromatic heterocycles. The number of aliphatic carboxylic acids is 2. The molecule has 1 aromatic rings. The van der Waals surface area contributed by atoms with E-state index in [2.05, 4.69) is 6.58 Å². The molecule has 1 aromatic carbocycles. The van der Waals surface area contributed by atoms with Crippen LogP contribution in [0.1, 0.15) is 30.5 Å². The predicted octanol–water partition coefficient (Wildman–Crippen LogP) is 1.26. The summed E-state index contributed by atoms with van der Waals surface area (Å²) in [5.41, 5.74) is 7.98. The number of hydrogen-bond acceptors (Lipinski definition) is 4. The van der Waals surface area contributed by atoms with Crippen LogP contribution in [-0.4, -0.2) is 33.4 Å². The van der Waals surface area contributed by atoms with E-state index in [9.17, 15) is 9.59 Å². The summed E-state index contributed by atoms with van der Waals surface area (Å²) < 4.78 is 0. The molecule has 0 fully saturated rings. The highest BCUT2D eigenvalue weighted by Gasteiger charge is 2.16. The lowest BCUT2D eigenvalue weighted by Crippen LogP contribution is -2.22. The van der Waals surface area contributed by atoms with Gasteiger partial charge < -0.3 is 21.1 Å². The standard InChI is InChI=1S/C10H13N.C4H6O5/c1-3-9-4-6-10(7-5-9)8(2)11;5-2(4(8)9)1-3(6)7/h3-8H,1,11H2,2H3;2,5H,1H2,(H,6,7)(H,8,9)/t8-;2-/m00/s1. The Labute approximate surface area is 117 Å². The average Bonchev–Trinajstić information content (AvgIpc) is 2.38. The Balaban J connectivity index is 0.000000370. The number of hydrogen-bond donors (Lipinski definition) is 4. The van der Waals surface area contributed by atoms with E-state index in [1.165, 1.54) is 0 Å². The zero-order valence-corrected chi connectivity index (χ0v) is 11.2. The summed E-state index contributed by atoms with van der Waals surface area (Å²) in [4.78, 5) is 19.4. The molecule has 0 aliphatic heterocycles. The van der Waals surface area contributed by atoms with Gasteiger partial charge in [-0.15, -0.1) is 0 Å². The Morgan fingerprint density at radius 3 is 2.05 bits per heavy atom. The van der Waals surface area contributed by atoms with Crippen molar-refractivity contribution in [3.05, 3.63) is 42.0 Å². The van der Waals surface area contributed by atoms with Gasteiger partial charge in [-0.2, -0.15) is 0 Å². The minimum absolute atomic E-state index is 0.119. The molecule has 6 nitrogen and oxygen atoms in total. The Morgan fingerprint density at radius 2 is 1.80 bits per heavy atom. The molecule has 6 heteroatoms. The van der Waals surface area contributed by atoms with Gasteiger partial charge in [0.05, 0.1) is 6.42 Å². The first-order valence-corrected chi connectivity index (χ1v) is 5.88. The predicted molar refractivity (Wildman–Crippen MR) is 75.0 cm³/mol. The lowest BCUT2D eigenvalue weighted by atomic mass is 10.1. The van der Waals surface area contributed by atoms with Gasteiger partial charge in [-0.05, 0) is 18.1 Å². The fourth-order valence-electron chi connectivity index (χ4n) is 1.19. The molecule has 0 heterocycles. The first-order chi connectivity index (χ1) is 9.27. The van der Waals surface area contributed by atoms with Crippen LogP contribution in [0.2, 0.25) is 0 Å². The summed E-state index contributed by atoms with van der Waals surface area (Å²) in [6.07, 6.45) is -0.720. The van der Waals surface area contributed by atoms with E-state index in [0.29, 0.717) is 0 Å². The van der Waals surface area contributed by atoms with E-state index in [1.807, 2.05) is 37.3 Å². The molecule has 2 atom stereocenters.